The van der Waals surface area contributed by atoms with Crippen LogP contribution in [0.5, 0.6) is 5.75 Å². The summed E-state index contributed by atoms with van der Waals surface area (Å²) in [6.45, 7) is 7.23. The predicted molar refractivity (Wildman–Crippen MR) is 73.5 cm³/mol. The van der Waals surface area contributed by atoms with Gasteiger partial charge in [-0.3, -0.25) is 14.4 Å². The molecule has 0 aliphatic heterocycles. The van der Waals surface area contributed by atoms with Crippen molar-refractivity contribution >= 4 is 17.9 Å². The second-order valence-electron chi connectivity index (χ2n) is 4.64. The molecule has 0 aromatic heterocycles. The van der Waals surface area contributed by atoms with Crippen molar-refractivity contribution in [3.05, 3.63) is 28.8 Å². The summed E-state index contributed by atoms with van der Waals surface area (Å²) in [5, 5.41) is 0. The van der Waals surface area contributed by atoms with Gasteiger partial charge in [0.2, 0.25) is 0 Å². The van der Waals surface area contributed by atoms with E-state index in [2.05, 4.69) is 0 Å². The van der Waals surface area contributed by atoms with Gasteiger partial charge in [0.15, 0.2) is 0 Å². The normalized spacial score (nSPS) is 10.2. The lowest BCUT2D eigenvalue weighted by atomic mass is 10.0. The molecule has 1 rings (SSSR count). The smallest absolute Gasteiger partial charge is 0.308 e. The van der Waals surface area contributed by atoms with Crippen LogP contribution in [0.1, 0.15) is 43.8 Å². The van der Waals surface area contributed by atoms with Crippen molar-refractivity contribution in [3.8, 4) is 5.75 Å². The van der Waals surface area contributed by atoms with Crippen molar-refractivity contribution in [1.29, 1.82) is 0 Å². The first kappa shape index (κ1) is 16.7. The molecule has 114 valence electrons. The van der Waals surface area contributed by atoms with Crippen molar-refractivity contribution < 1.29 is 28.6 Å². The number of carbonyl (C=O) groups excluding carboxylic acids is 3. The fraction of sp³-hybridized carbons (Fsp3) is 0.400. The van der Waals surface area contributed by atoms with Gasteiger partial charge >= 0.3 is 17.9 Å². The van der Waals surface area contributed by atoms with Crippen molar-refractivity contribution in [2.45, 2.75) is 40.9 Å². The third kappa shape index (κ3) is 4.91. The summed E-state index contributed by atoms with van der Waals surface area (Å²) in [5.74, 6) is -1.53. The first-order valence-electron chi connectivity index (χ1n) is 6.34. The molecule has 0 unspecified atom stereocenters. The highest BCUT2D eigenvalue weighted by atomic mass is 16.7. The van der Waals surface area contributed by atoms with E-state index in [-0.39, 0.29) is 5.75 Å². The zero-order valence-corrected chi connectivity index (χ0v) is 12.7. The van der Waals surface area contributed by atoms with E-state index in [1.807, 2.05) is 6.92 Å². The van der Waals surface area contributed by atoms with Crippen LogP contribution in [0.15, 0.2) is 12.1 Å². The van der Waals surface area contributed by atoms with Gasteiger partial charge in [-0.1, -0.05) is 11.6 Å². The Bertz CT molecular complexity index is 560. The van der Waals surface area contributed by atoms with Crippen LogP contribution in [-0.2, 0) is 23.9 Å². The van der Waals surface area contributed by atoms with Crippen LogP contribution in [0, 0.1) is 13.8 Å². The largest absolute Gasteiger partial charge is 0.426 e. The summed E-state index contributed by atoms with van der Waals surface area (Å²) in [5.41, 5.74) is 1.83. The highest BCUT2D eigenvalue weighted by Crippen LogP contribution is 2.33. The Balaban J connectivity index is 3.35. The van der Waals surface area contributed by atoms with Crippen molar-refractivity contribution in [1.82, 2.24) is 0 Å². The van der Waals surface area contributed by atoms with E-state index in [4.69, 9.17) is 14.2 Å². The van der Waals surface area contributed by atoms with Gasteiger partial charge in [0.1, 0.15) is 5.75 Å². The van der Waals surface area contributed by atoms with Gasteiger partial charge in [-0.2, -0.15) is 0 Å². The zero-order chi connectivity index (χ0) is 16.2. The summed E-state index contributed by atoms with van der Waals surface area (Å²) in [7, 11) is 0. The molecular weight excluding hydrogens is 276 g/mol. The third-order valence-electron chi connectivity index (χ3n) is 2.49. The van der Waals surface area contributed by atoms with Gasteiger partial charge in [-0.05, 0) is 25.5 Å². The van der Waals surface area contributed by atoms with Crippen LogP contribution in [0.25, 0.3) is 0 Å². The summed E-state index contributed by atoms with van der Waals surface area (Å²) in [6.07, 6.45) is -1.26. The lowest BCUT2D eigenvalue weighted by molar-refractivity contribution is -0.186. The molecule has 1 aromatic rings. The molecule has 21 heavy (non-hydrogen) atoms. The predicted octanol–water partition coefficient (Wildman–Crippen LogP) is 2.35. The zero-order valence-electron chi connectivity index (χ0n) is 12.7. The molecule has 1 aromatic carbocycles. The summed E-state index contributed by atoms with van der Waals surface area (Å²) < 4.78 is 15.2. The molecule has 0 aliphatic rings. The Morgan fingerprint density at radius 2 is 1.43 bits per heavy atom. The van der Waals surface area contributed by atoms with Crippen molar-refractivity contribution in [2.24, 2.45) is 0 Å². The number of rotatable bonds is 4. The molecule has 0 aliphatic carbocycles. The number of hydrogen-bond acceptors (Lipinski definition) is 6. The van der Waals surface area contributed by atoms with Crippen LogP contribution in [0.3, 0.4) is 0 Å². The molecule has 0 amide bonds. The van der Waals surface area contributed by atoms with Gasteiger partial charge in [-0.25, -0.2) is 0 Å². The number of aryl methyl sites for hydroxylation is 2. The molecule has 0 spiro atoms. The van der Waals surface area contributed by atoms with Gasteiger partial charge < -0.3 is 14.2 Å². The van der Waals surface area contributed by atoms with Gasteiger partial charge in [-0.15, -0.1) is 0 Å². The van der Waals surface area contributed by atoms with Crippen LogP contribution >= 0.6 is 0 Å². The fourth-order valence-corrected chi connectivity index (χ4v) is 1.90. The summed E-state index contributed by atoms with van der Waals surface area (Å²) in [4.78, 5) is 33.6. The molecule has 6 nitrogen and oxygen atoms in total. The number of ether oxygens (including phenoxy) is 3. The maximum Gasteiger partial charge on any atom is 0.308 e. The molecule has 0 N–H and O–H groups in total. The van der Waals surface area contributed by atoms with Gasteiger partial charge in [0.25, 0.3) is 6.29 Å². The first-order valence-corrected chi connectivity index (χ1v) is 6.34. The molecule has 0 fully saturated rings. The fourth-order valence-electron chi connectivity index (χ4n) is 1.90. The molecule has 0 saturated carbocycles. The second kappa shape index (κ2) is 6.88. The lowest BCUT2D eigenvalue weighted by Crippen LogP contribution is -2.17. The lowest BCUT2D eigenvalue weighted by Gasteiger charge is -2.21. The minimum atomic E-state index is -1.26. The second-order valence-corrected chi connectivity index (χ2v) is 4.64. The maximum atomic E-state index is 11.2. The maximum absolute atomic E-state index is 11.2. The van der Waals surface area contributed by atoms with E-state index in [9.17, 15) is 14.4 Å². The third-order valence-corrected chi connectivity index (χ3v) is 2.49. The summed E-state index contributed by atoms with van der Waals surface area (Å²) >= 11 is 0. The highest BCUT2D eigenvalue weighted by molar-refractivity contribution is 5.72. The monoisotopic (exact) mass is 294 g/mol. The van der Waals surface area contributed by atoms with Gasteiger partial charge in [0, 0.05) is 20.8 Å². The quantitative estimate of drug-likeness (QED) is 0.482. The topological polar surface area (TPSA) is 78.9 Å². The minimum absolute atomic E-state index is 0.223. The van der Waals surface area contributed by atoms with Crippen LogP contribution in [0.2, 0.25) is 0 Å². The molecule has 0 atom stereocenters. The Labute approximate surface area is 123 Å². The summed E-state index contributed by atoms with van der Waals surface area (Å²) in [6, 6.07) is 3.45. The van der Waals surface area contributed by atoms with Crippen molar-refractivity contribution in [2.75, 3.05) is 0 Å². The molecule has 0 saturated heterocycles. The highest BCUT2D eigenvalue weighted by Gasteiger charge is 2.25. The first-order chi connectivity index (χ1) is 9.70. The molecule has 0 heterocycles. The Hall–Kier alpha value is -2.37. The number of benzene rings is 1. The van der Waals surface area contributed by atoms with Gasteiger partial charge in [0.05, 0.1) is 5.56 Å². The Morgan fingerprint density at radius 1 is 0.905 bits per heavy atom. The Kier molecular flexibility index (Phi) is 5.46. The van der Waals surface area contributed by atoms with E-state index in [1.54, 1.807) is 19.1 Å². The van der Waals surface area contributed by atoms with Crippen LogP contribution in [0.4, 0.5) is 0 Å². The Morgan fingerprint density at radius 3 is 1.86 bits per heavy atom. The molecule has 6 heteroatoms. The van der Waals surface area contributed by atoms with E-state index in [0.717, 1.165) is 5.56 Å². The van der Waals surface area contributed by atoms with E-state index >= 15 is 0 Å². The molecule has 0 bridgehead atoms. The number of carbonyl (C=O) groups is 3. The minimum Gasteiger partial charge on any atom is -0.426 e. The SMILES string of the molecule is CC(=O)Oc1c(C)cc(C)cc1C(OC(C)=O)OC(C)=O. The van der Waals surface area contributed by atoms with E-state index in [1.165, 1.54) is 20.8 Å². The molecular formula is C15H18O6. The van der Waals surface area contributed by atoms with Crippen molar-refractivity contribution in [3.63, 3.8) is 0 Å². The van der Waals surface area contributed by atoms with E-state index < -0.39 is 24.2 Å². The average Bonchev–Trinajstić information content (AvgIpc) is 2.29. The molecule has 0 radical (unpaired) electrons. The number of esters is 3. The van der Waals surface area contributed by atoms with Crippen LogP contribution < -0.4 is 4.74 Å². The number of hydrogen-bond donors (Lipinski definition) is 0. The van der Waals surface area contributed by atoms with Crippen LogP contribution in [-0.4, -0.2) is 17.9 Å². The standard InChI is InChI=1S/C15H18O6/c1-8-6-9(2)14(19-10(3)16)13(7-8)15(20-11(4)17)21-12(5)18/h6-7,15H,1-5H3. The average molecular weight is 294 g/mol. The van der Waals surface area contributed by atoms with E-state index in [0.29, 0.717) is 11.1 Å².